The Balaban J connectivity index is 2.86. The standard InChI is InChI=1S/C7H8N2O3/c1-2-12-7(11)5-3-8-9-6(5)4-10/h3-4H,2H2,1H3,(H,8,9). The molecule has 5 nitrogen and oxygen atoms in total. The van der Waals surface area contributed by atoms with Gasteiger partial charge in [0.05, 0.1) is 12.8 Å². The molecule has 0 atom stereocenters. The van der Waals surface area contributed by atoms with Crippen LogP contribution in [0.25, 0.3) is 0 Å². The maximum Gasteiger partial charge on any atom is 0.342 e. The Morgan fingerprint density at radius 2 is 2.58 bits per heavy atom. The fourth-order valence-electron chi connectivity index (χ4n) is 0.757. The minimum absolute atomic E-state index is 0.147. The first kappa shape index (κ1) is 8.45. The van der Waals surface area contributed by atoms with Gasteiger partial charge in [0.25, 0.3) is 0 Å². The molecule has 1 aromatic heterocycles. The number of rotatable bonds is 3. The lowest BCUT2D eigenvalue weighted by Crippen LogP contribution is -2.05. The molecule has 0 aliphatic rings. The van der Waals surface area contributed by atoms with Crippen molar-refractivity contribution in [2.75, 3.05) is 6.61 Å². The average molecular weight is 168 g/mol. The smallest absolute Gasteiger partial charge is 0.342 e. The Hall–Kier alpha value is -1.65. The van der Waals surface area contributed by atoms with Crippen molar-refractivity contribution in [2.24, 2.45) is 0 Å². The Labute approximate surface area is 68.7 Å². The molecule has 1 heterocycles. The number of carbonyl (C=O) groups excluding carboxylic acids is 2. The molecule has 12 heavy (non-hydrogen) atoms. The summed E-state index contributed by atoms with van der Waals surface area (Å²) in [7, 11) is 0. The van der Waals surface area contributed by atoms with Crippen molar-refractivity contribution in [3.8, 4) is 0 Å². The summed E-state index contributed by atoms with van der Waals surface area (Å²) in [5, 5.41) is 5.92. The highest BCUT2D eigenvalue weighted by Gasteiger charge is 2.13. The van der Waals surface area contributed by atoms with Crippen LogP contribution in [0.15, 0.2) is 6.20 Å². The number of ether oxygens (including phenoxy) is 1. The van der Waals surface area contributed by atoms with E-state index in [0.29, 0.717) is 6.29 Å². The van der Waals surface area contributed by atoms with Gasteiger partial charge in [0, 0.05) is 0 Å². The Morgan fingerprint density at radius 1 is 1.83 bits per heavy atom. The van der Waals surface area contributed by atoms with E-state index >= 15 is 0 Å². The van der Waals surface area contributed by atoms with Gasteiger partial charge in [-0.1, -0.05) is 0 Å². The van der Waals surface area contributed by atoms with Crippen LogP contribution in [0.2, 0.25) is 0 Å². The van der Waals surface area contributed by atoms with Gasteiger partial charge in [0.2, 0.25) is 0 Å². The molecular formula is C7H8N2O3. The number of hydrogen-bond donors (Lipinski definition) is 1. The van der Waals surface area contributed by atoms with Crippen LogP contribution in [-0.4, -0.2) is 29.1 Å². The van der Waals surface area contributed by atoms with Crippen molar-refractivity contribution in [1.82, 2.24) is 10.2 Å². The second-order valence-electron chi connectivity index (χ2n) is 2.04. The van der Waals surface area contributed by atoms with Crippen LogP contribution in [0.5, 0.6) is 0 Å². The van der Waals surface area contributed by atoms with E-state index in [-0.39, 0.29) is 17.9 Å². The fraction of sp³-hybridized carbons (Fsp3) is 0.286. The van der Waals surface area contributed by atoms with Crippen molar-refractivity contribution in [3.63, 3.8) is 0 Å². The lowest BCUT2D eigenvalue weighted by molar-refractivity contribution is 0.0524. The lowest BCUT2D eigenvalue weighted by atomic mass is 10.3. The van der Waals surface area contributed by atoms with Gasteiger partial charge in [-0.2, -0.15) is 5.10 Å². The highest BCUT2D eigenvalue weighted by Crippen LogP contribution is 2.03. The first-order valence-electron chi connectivity index (χ1n) is 3.45. The van der Waals surface area contributed by atoms with Crippen LogP contribution in [0.4, 0.5) is 0 Å². The average Bonchev–Trinajstić information content (AvgIpc) is 2.51. The predicted octanol–water partition coefficient (Wildman–Crippen LogP) is 0.399. The van der Waals surface area contributed by atoms with E-state index in [2.05, 4.69) is 14.9 Å². The number of carbonyl (C=O) groups is 2. The van der Waals surface area contributed by atoms with E-state index in [1.807, 2.05) is 0 Å². The summed E-state index contributed by atoms with van der Waals surface area (Å²) in [4.78, 5) is 21.4. The van der Waals surface area contributed by atoms with Gasteiger partial charge in [-0.3, -0.25) is 9.89 Å². The van der Waals surface area contributed by atoms with Gasteiger partial charge in [-0.15, -0.1) is 0 Å². The third-order valence-electron chi connectivity index (χ3n) is 1.28. The molecule has 1 N–H and O–H groups in total. The Bertz CT molecular complexity index is 293. The Kier molecular flexibility index (Phi) is 2.57. The summed E-state index contributed by atoms with van der Waals surface area (Å²) >= 11 is 0. The van der Waals surface area contributed by atoms with E-state index < -0.39 is 5.97 Å². The fourth-order valence-corrected chi connectivity index (χ4v) is 0.757. The summed E-state index contributed by atoms with van der Waals surface area (Å²) < 4.78 is 4.67. The molecule has 0 radical (unpaired) electrons. The van der Waals surface area contributed by atoms with E-state index in [1.54, 1.807) is 6.92 Å². The van der Waals surface area contributed by atoms with Gasteiger partial charge < -0.3 is 4.74 Å². The quantitative estimate of drug-likeness (QED) is 0.523. The van der Waals surface area contributed by atoms with Gasteiger partial charge in [0.15, 0.2) is 6.29 Å². The number of aromatic amines is 1. The molecule has 0 fully saturated rings. The number of hydrogen-bond acceptors (Lipinski definition) is 4. The highest BCUT2D eigenvalue weighted by atomic mass is 16.5. The maximum absolute atomic E-state index is 11.0. The number of aldehydes is 1. The monoisotopic (exact) mass is 168 g/mol. The van der Waals surface area contributed by atoms with E-state index in [0.717, 1.165) is 0 Å². The minimum Gasteiger partial charge on any atom is -0.462 e. The number of nitrogens with one attached hydrogen (secondary N) is 1. The van der Waals surface area contributed by atoms with Crippen LogP contribution in [0, 0.1) is 0 Å². The van der Waals surface area contributed by atoms with Gasteiger partial charge in [-0.05, 0) is 6.92 Å². The Morgan fingerprint density at radius 3 is 3.17 bits per heavy atom. The number of H-pyrrole nitrogens is 1. The molecule has 0 bridgehead atoms. The zero-order chi connectivity index (χ0) is 8.97. The first-order valence-corrected chi connectivity index (χ1v) is 3.45. The number of esters is 1. The molecule has 64 valence electrons. The van der Waals surface area contributed by atoms with E-state index in [9.17, 15) is 9.59 Å². The molecule has 0 saturated carbocycles. The van der Waals surface area contributed by atoms with Crippen LogP contribution in [0.1, 0.15) is 27.8 Å². The van der Waals surface area contributed by atoms with E-state index in [4.69, 9.17) is 0 Å². The molecule has 1 aromatic rings. The molecular weight excluding hydrogens is 160 g/mol. The number of aromatic nitrogens is 2. The SMILES string of the molecule is CCOC(=O)c1cn[nH]c1C=O. The van der Waals surface area contributed by atoms with Gasteiger partial charge in [0.1, 0.15) is 11.3 Å². The zero-order valence-corrected chi connectivity index (χ0v) is 6.53. The van der Waals surface area contributed by atoms with Gasteiger partial charge in [-0.25, -0.2) is 4.79 Å². The molecule has 0 amide bonds. The second-order valence-corrected chi connectivity index (χ2v) is 2.04. The highest BCUT2D eigenvalue weighted by molar-refractivity contribution is 5.96. The van der Waals surface area contributed by atoms with Crippen molar-refractivity contribution in [3.05, 3.63) is 17.5 Å². The minimum atomic E-state index is -0.534. The second kappa shape index (κ2) is 3.66. The molecule has 0 aliphatic carbocycles. The van der Waals surface area contributed by atoms with Crippen molar-refractivity contribution >= 4 is 12.3 Å². The summed E-state index contributed by atoms with van der Waals surface area (Å²) in [6.45, 7) is 1.97. The van der Waals surface area contributed by atoms with Crippen LogP contribution in [0.3, 0.4) is 0 Å². The van der Waals surface area contributed by atoms with Crippen LogP contribution < -0.4 is 0 Å². The molecule has 0 aromatic carbocycles. The summed E-state index contributed by atoms with van der Waals surface area (Å²) in [6.07, 6.45) is 1.79. The van der Waals surface area contributed by atoms with Crippen molar-refractivity contribution < 1.29 is 14.3 Å². The molecule has 5 heteroatoms. The topological polar surface area (TPSA) is 72.0 Å². The lowest BCUT2D eigenvalue weighted by Gasteiger charge is -1.97. The van der Waals surface area contributed by atoms with Crippen molar-refractivity contribution in [2.45, 2.75) is 6.92 Å². The van der Waals surface area contributed by atoms with Crippen LogP contribution >= 0.6 is 0 Å². The molecule has 0 spiro atoms. The first-order chi connectivity index (χ1) is 5.79. The maximum atomic E-state index is 11.0. The zero-order valence-electron chi connectivity index (χ0n) is 6.53. The van der Waals surface area contributed by atoms with E-state index in [1.165, 1.54) is 6.20 Å². The molecule has 0 unspecified atom stereocenters. The normalized spacial score (nSPS) is 9.42. The van der Waals surface area contributed by atoms with Crippen molar-refractivity contribution in [1.29, 1.82) is 0 Å². The number of nitrogens with zero attached hydrogens (tertiary/aromatic N) is 1. The molecule has 0 aliphatic heterocycles. The van der Waals surface area contributed by atoms with Gasteiger partial charge >= 0.3 is 5.97 Å². The summed E-state index contributed by atoms with van der Waals surface area (Å²) in [6, 6.07) is 0. The summed E-state index contributed by atoms with van der Waals surface area (Å²) in [5.74, 6) is -0.534. The third-order valence-corrected chi connectivity index (χ3v) is 1.28. The predicted molar refractivity (Wildman–Crippen MR) is 39.9 cm³/mol. The largest absolute Gasteiger partial charge is 0.462 e. The third kappa shape index (κ3) is 1.50. The van der Waals surface area contributed by atoms with Crippen LogP contribution in [-0.2, 0) is 4.74 Å². The summed E-state index contributed by atoms with van der Waals surface area (Å²) in [5.41, 5.74) is 0.320. The molecule has 1 rings (SSSR count). The molecule has 0 saturated heterocycles.